The van der Waals surface area contributed by atoms with E-state index in [-0.39, 0.29) is 0 Å². The van der Waals surface area contributed by atoms with E-state index in [1.54, 1.807) is 21.3 Å². The van der Waals surface area contributed by atoms with Gasteiger partial charge in [0.2, 0.25) is 0 Å². The maximum absolute atomic E-state index is 6.63. The van der Waals surface area contributed by atoms with E-state index in [9.17, 15) is 0 Å². The van der Waals surface area contributed by atoms with Gasteiger partial charge < -0.3 is 18.9 Å². The van der Waals surface area contributed by atoms with Crippen molar-refractivity contribution in [3.63, 3.8) is 0 Å². The van der Waals surface area contributed by atoms with Crippen molar-refractivity contribution in [2.24, 2.45) is 0 Å². The predicted octanol–water partition coefficient (Wildman–Crippen LogP) is 4.71. The Morgan fingerprint density at radius 2 is 1.76 bits per heavy atom. The molecule has 7 nitrogen and oxygen atoms in total. The van der Waals surface area contributed by atoms with Crippen molar-refractivity contribution in [3.05, 3.63) is 57.9 Å². The van der Waals surface area contributed by atoms with Crippen LogP contribution in [0.2, 0.25) is 0 Å². The highest BCUT2D eigenvalue weighted by atomic mass is 16.5. The number of nitrogens with zero attached hydrogens (tertiary/aromatic N) is 3. The van der Waals surface area contributed by atoms with Gasteiger partial charge in [0.15, 0.2) is 17.1 Å². The van der Waals surface area contributed by atoms with E-state index in [4.69, 9.17) is 18.9 Å². The number of rotatable bonds is 7. The highest BCUT2D eigenvalue weighted by Gasteiger charge is 2.38. The predicted molar refractivity (Wildman–Crippen MR) is 127 cm³/mol. The van der Waals surface area contributed by atoms with Gasteiger partial charge in [-0.2, -0.15) is 0 Å². The third-order valence-electron chi connectivity index (χ3n) is 6.85. The second kappa shape index (κ2) is 8.96. The number of methoxy groups -OCH3 is 3. The lowest BCUT2D eigenvalue weighted by Crippen LogP contribution is -2.35. The van der Waals surface area contributed by atoms with Crippen LogP contribution in [-0.4, -0.2) is 36.3 Å². The molecule has 0 saturated carbocycles. The Bertz CT molecular complexity index is 1170. The van der Waals surface area contributed by atoms with E-state index < -0.39 is 5.60 Å². The van der Waals surface area contributed by atoms with Crippen LogP contribution in [-0.2, 0) is 25.0 Å². The minimum atomic E-state index is -0.521. The highest BCUT2D eigenvalue weighted by molar-refractivity contribution is 5.59. The van der Waals surface area contributed by atoms with Crippen molar-refractivity contribution in [2.45, 2.75) is 59.1 Å². The molecule has 1 aromatic heterocycles. The third kappa shape index (κ3) is 4.12. The molecule has 0 aliphatic carbocycles. The SMILES string of the molecule is COc1ccc(CCn2cc(C3(C)CCc4c(C)c(OC)c(C)c(C)c4O3)nn2)cc1OC. The smallest absolute Gasteiger partial charge is 0.160 e. The molecule has 0 saturated heterocycles. The fourth-order valence-corrected chi connectivity index (χ4v) is 4.65. The molecule has 2 aromatic carbocycles. The van der Waals surface area contributed by atoms with E-state index in [1.165, 1.54) is 5.56 Å². The van der Waals surface area contributed by atoms with Gasteiger partial charge in [-0.1, -0.05) is 11.3 Å². The van der Waals surface area contributed by atoms with Crippen LogP contribution >= 0.6 is 0 Å². The van der Waals surface area contributed by atoms with E-state index in [1.807, 2.05) is 29.1 Å². The summed E-state index contributed by atoms with van der Waals surface area (Å²) in [6.07, 6.45) is 4.56. The van der Waals surface area contributed by atoms with Crippen molar-refractivity contribution >= 4 is 0 Å². The number of hydrogen-bond acceptors (Lipinski definition) is 6. The molecule has 0 radical (unpaired) electrons. The number of fused-ring (bicyclic) bond motifs is 1. The summed E-state index contributed by atoms with van der Waals surface area (Å²) in [7, 11) is 5.02. The number of hydrogen-bond donors (Lipinski definition) is 0. The van der Waals surface area contributed by atoms with Crippen LogP contribution < -0.4 is 18.9 Å². The van der Waals surface area contributed by atoms with Gasteiger partial charge in [-0.15, -0.1) is 5.10 Å². The van der Waals surface area contributed by atoms with Gasteiger partial charge >= 0.3 is 0 Å². The van der Waals surface area contributed by atoms with Gasteiger partial charge in [0.1, 0.15) is 17.2 Å². The van der Waals surface area contributed by atoms with Gasteiger partial charge in [-0.3, -0.25) is 4.68 Å². The molecule has 0 spiro atoms. The van der Waals surface area contributed by atoms with Crippen LogP contribution in [0.3, 0.4) is 0 Å². The molecule has 0 fully saturated rings. The van der Waals surface area contributed by atoms with Gasteiger partial charge in [0.25, 0.3) is 0 Å². The molecule has 1 aliphatic heterocycles. The van der Waals surface area contributed by atoms with Crippen molar-refractivity contribution in [1.29, 1.82) is 0 Å². The molecule has 33 heavy (non-hydrogen) atoms. The Hall–Kier alpha value is -3.22. The van der Waals surface area contributed by atoms with Crippen molar-refractivity contribution in [2.75, 3.05) is 21.3 Å². The van der Waals surface area contributed by atoms with Gasteiger partial charge in [-0.25, -0.2) is 0 Å². The van der Waals surface area contributed by atoms with Crippen LogP contribution in [0.5, 0.6) is 23.0 Å². The average Bonchev–Trinajstić information content (AvgIpc) is 3.31. The Labute approximate surface area is 195 Å². The number of aromatic nitrogens is 3. The van der Waals surface area contributed by atoms with Crippen molar-refractivity contribution < 1.29 is 18.9 Å². The molecule has 176 valence electrons. The van der Waals surface area contributed by atoms with Crippen LogP contribution in [0.15, 0.2) is 24.4 Å². The Morgan fingerprint density at radius 3 is 2.45 bits per heavy atom. The summed E-state index contributed by atoms with van der Waals surface area (Å²) < 4.78 is 24.9. The summed E-state index contributed by atoms with van der Waals surface area (Å²) in [6, 6.07) is 5.97. The first-order valence-corrected chi connectivity index (χ1v) is 11.3. The molecule has 2 heterocycles. The van der Waals surface area contributed by atoms with Crippen LogP contribution in [0.4, 0.5) is 0 Å². The molecule has 1 unspecified atom stereocenters. The fourth-order valence-electron chi connectivity index (χ4n) is 4.65. The second-order valence-electron chi connectivity index (χ2n) is 8.86. The lowest BCUT2D eigenvalue weighted by Gasteiger charge is -2.36. The monoisotopic (exact) mass is 451 g/mol. The van der Waals surface area contributed by atoms with Gasteiger partial charge in [0.05, 0.1) is 27.5 Å². The number of ether oxygens (including phenoxy) is 4. The highest BCUT2D eigenvalue weighted by Crippen LogP contribution is 2.46. The molecule has 7 heteroatoms. The van der Waals surface area contributed by atoms with E-state index >= 15 is 0 Å². The molecule has 3 aromatic rings. The molecular formula is C26H33N3O4. The summed E-state index contributed by atoms with van der Waals surface area (Å²) in [6.45, 7) is 9.11. The molecule has 1 atom stereocenters. The van der Waals surface area contributed by atoms with Crippen molar-refractivity contribution in [1.82, 2.24) is 15.0 Å². The minimum absolute atomic E-state index is 0.521. The van der Waals surface area contributed by atoms with E-state index in [0.717, 1.165) is 70.2 Å². The minimum Gasteiger partial charge on any atom is -0.496 e. The largest absolute Gasteiger partial charge is 0.496 e. The quantitative estimate of drug-likeness (QED) is 0.518. The molecule has 0 bridgehead atoms. The molecule has 1 aliphatic rings. The zero-order valence-electron chi connectivity index (χ0n) is 20.6. The fraction of sp³-hybridized carbons (Fsp3) is 0.462. The first-order chi connectivity index (χ1) is 15.8. The lowest BCUT2D eigenvalue weighted by atomic mass is 9.86. The Balaban J connectivity index is 1.52. The van der Waals surface area contributed by atoms with Crippen LogP contribution in [0, 0.1) is 20.8 Å². The average molecular weight is 452 g/mol. The summed E-state index contributed by atoms with van der Waals surface area (Å²) in [5, 5.41) is 8.86. The molecular weight excluding hydrogens is 418 g/mol. The Kier molecular flexibility index (Phi) is 6.23. The summed E-state index contributed by atoms with van der Waals surface area (Å²) in [4.78, 5) is 0. The summed E-state index contributed by atoms with van der Waals surface area (Å²) in [5.74, 6) is 3.37. The topological polar surface area (TPSA) is 67.6 Å². The first kappa shape index (κ1) is 23.0. The van der Waals surface area contributed by atoms with E-state index in [0.29, 0.717) is 6.54 Å². The number of aryl methyl sites for hydroxylation is 2. The first-order valence-electron chi connectivity index (χ1n) is 11.3. The zero-order chi connectivity index (χ0) is 23.8. The second-order valence-corrected chi connectivity index (χ2v) is 8.86. The molecule has 0 amide bonds. The van der Waals surface area contributed by atoms with Crippen molar-refractivity contribution in [3.8, 4) is 23.0 Å². The normalized spacial score (nSPS) is 17.3. The summed E-state index contributed by atoms with van der Waals surface area (Å²) >= 11 is 0. The summed E-state index contributed by atoms with van der Waals surface area (Å²) in [5.41, 5.74) is 6.12. The zero-order valence-corrected chi connectivity index (χ0v) is 20.6. The maximum atomic E-state index is 6.63. The van der Waals surface area contributed by atoms with Crippen LogP contribution in [0.25, 0.3) is 0 Å². The molecule has 0 N–H and O–H groups in total. The van der Waals surface area contributed by atoms with Gasteiger partial charge in [0, 0.05) is 12.1 Å². The lowest BCUT2D eigenvalue weighted by molar-refractivity contribution is 0.0566. The van der Waals surface area contributed by atoms with E-state index in [2.05, 4.69) is 38.0 Å². The number of benzene rings is 2. The Morgan fingerprint density at radius 1 is 1.00 bits per heavy atom. The third-order valence-corrected chi connectivity index (χ3v) is 6.85. The van der Waals surface area contributed by atoms with Crippen LogP contribution in [0.1, 0.15) is 46.9 Å². The maximum Gasteiger partial charge on any atom is 0.160 e. The molecule has 4 rings (SSSR count). The van der Waals surface area contributed by atoms with Gasteiger partial charge in [-0.05, 0) is 81.3 Å². The standard InChI is InChI=1S/C26H33N3O4/c1-16-17(2)25-20(18(3)24(16)32-7)10-12-26(4,33-25)23-15-29(28-27-23)13-11-19-8-9-21(30-5)22(14-19)31-6/h8-9,14-15H,10-13H2,1-7H3.